The number of hydrogen-bond donors (Lipinski definition) is 1. The van der Waals surface area contributed by atoms with E-state index in [0.29, 0.717) is 0 Å². The minimum absolute atomic E-state index is 0.00699. The van der Waals surface area contributed by atoms with E-state index >= 15 is 0 Å². The Morgan fingerprint density at radius 1 is 1.58 bits per heavy atom. The molecule has 2 nitrogen and oxygen atoms in total. The van der Waals surface area contributed by atoms with Gasteiger partial charge in [0, 0.05) is 6.20 Å². The van der Waals surface area contributed by atoms with E-state index in [1.165, 1.54) is 0 Å². The van der Waals surface area contributed by atoms with Crippen LogP contribution in [0, 0.1) is 13.8 Å². The maximum Gasteiger partial charge on any atom is 0.0855 e. The number of rotatable bonds is 2. The van der Waals surface area contributed by atoms with E-state index in [-0.39, 0.29) is 6.61 Å². The molecule has 0 aliphatic rings. The van der Waals surface area contributed by atoms with Gasteiger partial charge in [-0.05, 0) is 30.5 Å². The van der Waals surface area contributed by atoms with Gasteiger partial charge in [-0.3, -0.25) is 4.98 Å². The molecule has 0 saturated carbocycles. The molecule has 2 heteroatoms. The summed E-state index contributed by atoms with van der Waals surface area (Å²) in [6.45, 7) is 7.64. The van der Waals surface area contributed by atoms with Crippen LogP contribution in [0.3, 0.4) is 0 Å². The number of hydrogen-bond acceptors (Lipinski definition) is 2. The summed E-state index contributed by atoms with van der Waals surface area (Å²) in [6.07, 6.45) is 3.56. The summed E-state index contributed by atoms with van der Waals surface area (Å²) in [6, 6.07) is 0. The third-order valence-electron chi connectivity index (χ3n) is 2.03. The molecule has 64 valence electrons. The molecule has 1 rings (SSSR count). The Hall–Kier alpha value is -1.15. The van der Waals surface area contributed by atoms with Gasteiger partial charge in [0.15, 0.2) is 0 Å². The first kappa shape index (κ1) is 8.94. The van der Waals surface area contributed by atoms with Gasteiger partial charge < -0.3 is 5.11 Å². The van der Waals surface area contributed by atoms with Crippen molar-refractivity contribution in [3.8, 4) is 0 Å². The van der Waals surface area contributed by atoms with Crippen molar-refractivity contribution in [2.45, 2.75) is 20.5 Å². The number of pyridine rings is 1. The topological polar surface area (TPSA) is 33.1 Å². The Labute approximate surface area is 72.6 Å². The summed E-state index contributed by atoms with van der Waals surface area (Å²) < 4.78 is 0. The van der Waals surface area contributed by atoms with Crippen LogP contribution in [0.1, 0.15) is 22.4 Å². The van der Waals surface area contributed by atoms with Gasteiger partial charge in [-0.2, -0.15) is 0 Å². The van der Waals surface area contributed by atoms with E-state index in [1.54, 1.807) is 12.3 Å². The monoisotopic (exact) mass is 163 g/mol. The first-order valence-electron chi connectivity index (χ1n) is 3.89. The minimum atomic E-state index is -0.00699. The van der Waals surface area contributed by atoms with Crippen LogP contribution in [-0.2, 0) is 6.61 Å². The fourth-order valence-electron chi connectivity index (χ4n) is 1.27. The van der Waals surface area contributed by atoms with Crippen LogP contribution in [0.25, 0.3) is 6.08 Å². The first-order chi connectivity index (χ1) is 5.70. The Morgan fingerprint density at radius 2 is 2.25 bits per heavy atom. The zero-order valence-corrected chi connectivity index (χ0v) is 7.46. The summed E-state index contributed by atoms with van der Waals surface area (Å²) in [5, 5.41) is 8.93. The predicted octanol–water partition coefficient (Wildman–Crippen LogP) is 1.83. The van der Waals surface area contributed by atoms with Gasteiger partial charge in [-0.25, -0.2) is 0 Å². The molecular weight excluding hydrogens is 150 g/mol. The zero-order valence-electron chi connectivity index (χ0n) is 7.46. The molecule has 1 aromatic rings. The van der Waals surface area contributed by atoms with Gasteiger partial charge in [0.2, 0.25) is 0 Å². The van der Waals surface area contributed by atoms with Crippen molar-refractivity contribution in [1.29, 1.82) is 0 Å². The van der Waals surface area contributed by atoms with Crippen LogP contribution in [0.4, 0.5) is 0 Å². The van der Waals surface area contributed by atoms with Crippen molar-refractivity contribution in [2.75, 3.05) is 0 Å². The third kappa shape index (κ3) is 1.38. The predicted molar refractivity (Wildman–Crippen MR) is 49.7 cm³/mol. The average Bonchev–Trinajstić information content (AvgIpc) is 2.06. The Bertz CT molecular complexity index is 305. The maximum absolute atomic E-state index is 8.93. The highest BCUT2D eigenvalue weighted by molar-refractivity contribution is 5.56. The second-order valence-corrected chi connectivity index (χ2v) is 2.79. The van der Waals surface area contributed by atoms with Crippen LogP contribution < -0.4 is 0 Å². The highest BCUT2D eigenvalue weighted by Gasteiger charge is 2.04. The van der Waals surface area contributed by atoms with Gasteiger partial charge in [-0.15, -0.1) is 0 Å². The van der Waals surface area contributed by atoms with Crippen LogP contribution >= 0.6 is 0 Å². The molecule has 0 spiro atoms. The lowest BCUT2D eigenvalue weighted by Gasteiger charge is -2.07. The van der Waals surface area contributed by atoms with Crippen LogP contribution in [0.2, 0.25) is 0 Å². The number of aryl methyl sites for hydroxylation is 1. The molecular formula is C10H13NO. The van der Waals surface area contributed by atoms with Crippen molar-refractivity contribution in [2.24, 2.45) is 0 Å². The lowest BCUT2D eigenvalue weighted by Crippen LogP contribution is -1.98. The lowest BCUT2D eigenvalue weighted by atomic mass is 10.0. The molecule has 0 atom stereocenters. The number of aliphatic hydroxyl groups excluding tert-OH is 1. The Kier molecular flexibility index (Phi) is 2.61. The molecule has 0 saturated heterocycles. The van der Waals surface area contributed by atoms with E-state index in [4.69, 9.17) is 5.11 Å². The average molecular weight is 163 g/mol. The van der Waals surface area contributed by atoms with Crippen LogP contribution in [0.5, 0.6) is 0 Å². The molecule has 1 heterocycles. The molecule has 0 bridgehead atoms. The van der Waals surface area contributed by atoms with Crippen molar-refractivity contribution < 1.29 is 5.11 Å². The molecule has 0 aliphatic heterocycles. The van der Waals surface area contributed by atoms with Gasteiger partial charge >= 0.3 is 0 Å². The molecule has 0 amide bonds. The SMILES string of the molecule is C=Cc1c(C)cnc(CO)c1C. The van der Waals surface area contributed by atoms with E-state index < -0.39 is 0 Å². The molecule has 0 aliphatic carbocycles. The molecule has 0 unspecified atom stereocenters. The second kappa shape index (κ2) is 3.50. The maximum atomic E-state index is 8.93. The minimum Gasteiger partial charge on any atom is -0.390 e. The molecule has 12 heavy (non-hydrogen) atoms. The number of nitrogens with zero attached hydrogens (tertiary/aromatic N) is 1. The van der Waals surface area contributed by atoms with E-state index in [9.17, 15) is 0 Å². The fourth-order valence-corrected chi connectivity index (χ4v) is 1.27. The number of aliphatic hydroxyl groups is 1. The first-order valence-corrected chi connectivity index (χ1v) is 3.89. The van der Waals surface area contributed by atoms with Crippen LogP contribution in [-0.4, -0.2) is 10.1 Å². The van der Waals surface area contributed by atoms with Gasteiger partial charge in [0.05, 0.1) is 12.3 Å². The normalized spacial score (nSPS) is 9.92. The van der Waals surface area contributed by atoms with E-state index in [0.717, 1.165) is 22.4 Å². The summed E-state index contributed by atoms with van der Waals surface area (Å²) in [4.78, 5) is 4.11. The summed E-state index contributed by atoms with van der Waals surface area (Å²) in [5.74, 6) is 0. The van der Waals surface area contributed by atoms with Crippen molar-refractivity contribution in [1.82, 2.24) is 4.98 Å². The van der Waals surface area contributed by atoms with Crippen molar-refractivity contribution in [3.05, 3.63) is 35.2 Å². The summed E-state index contributed by atoms with van der Waals surface area (Å²) >= 11 is 0. The fraction of sp³-hybridized carbons (Fsp3) is 0.300. The Balaban J connectivity index is 3.33. The van der Waals surface area contributed by atoms with E-state index in [1.807, 2.05) is 13.8 Å². The molecule has 0 fully saturated rings. The van der Waals surface area contributed by atoms with Crippen molar-refractivity contribution in [3.63, 3.8) is 0 Å². The molecule has 1 aromatic heterocycles. The Morgan fingerprint density at radius 3 is 2.75 bits per heavy atom. The van der Waals surface area contributed by atoms with Gasteiger partial charge in [-0.1, -0.05) is 12.7 Å². The molecule has 0 aromatic carbocycles. The van der Waals surface area contributed by atoms with Crippen molar-refractivity contribution >= 4 is 6.08 Å². The second-order valence-electron chi connectivity index (χ2n) is 2.79. The largest absolute Gasteiger partial charge is 0.390 e. The number of aromatic nitrogens is 1. The van der Waals surface area contributed by atoms with Gasteiger partial charge in [0.25, 0.3) is 0 Å². The smallest absolute Gasteiger partial charge is 0.0855 e. The highest BCUT2D eigenvalue weighted by Crippen LogP contribution is 2.16. The summed E-state index contributed by atoms with van der Waals surface area (Å²) in [7, 11) is 0. The third-order valence-corrected chi connectivity index (χ3v) is 2.03. The standard InChI is InChI=1S/C10H13NO/c1-4-9-7(2)5-11-10(6-12)8(9)3/h4-5,12H,1,6H2,2-3H3. The summed E-state index contributed by atoms with van der Waals surface area (Å²) in [5.41, 5.74) is 3.93. The van der Waals surface area contributed by atoms with Crippen LogP contribution in [0.15, 0.2) is 12.8 Å². The molecule has 1 N–H and O–H groups in total. The molecule has 0 radical (unpaired) electrons. The highest BCUT2D eigenvalue weighted by atomic mass is 16.3. The van der Waals surface area contributed by atoms with Gasteiger partial charge in [0.1, 0.15) is 0 Å². The quantitative estimate of drug-likeness (QED) is 0.721. The lowest BCUT2D eigenvalue weighted by molar-refractivity contribution is 0.276. The van der Waals surface area contributed by atoms with E-state index in [2.05, 4.69) is 11.6 Å². The zero-order chi connectivity index (χ0) is 9.14.